The van der Waals surface area contributed by atoms with Crippen LogP contribution in [0.25, 0.3) is 6.08 Å². The van der Waals surface area contributed by atoms with Crippen LogP contribution in [0.15, 0.2) is 36.4 Å². The minimum absolute atomic E-state index is 0.351. The molecule has 3 heteroatoms. The maximum Gasteiger partial charge on any atom is 0.372 e. The molecular weight excluding hydrogens is 214 g/mol. The van der Waals surface area contributed by atoms with Crippen LogP contribution in [-0.4, -0.2) is 34.5 Å². The number of hydrogen-bond acceptors (Lipinski definition) is 1. The van der Waals surface area contributed by atoms with Crippen molar-refractivity contribution in [2.24, 2.45) is 0 Å². The van der Waals surface area contributed by atoms with E-state index in [1.54, 1.807) is 0 Å². The monoisotopic (exact) mass is 230 g/mol. The van der Waals surface area contributed by atoms with Gasteiger partial charge in [0.2, 0.25) is 6.04 Å². The highest BCUT2D eigenvalue weighted by Crippen LogP contribution is 2.11. The summed E-state index contributed by atoms with van der Waals surface area (Å²) in [4.78, 5) is 11.0. The average molecular weight is 230 g/mol. The first-order chi connectivity index (χ1) is 8.27. The number of aliphatic carboxylic acids is 1. The molecular formula is C14H16NO2+. The van der Waals surface area contributed by atoms with Gasteiger partial charge in [-0.1, -0.05) is 30.3 Å². The maximum atomic E-state index is 11.0. The Morgan fingerprint density at radius 3 is 2.82 bits per heavy atom. The Hall–Kier alpha value is -1.90. The van der Waals surface area contributed by atoms with E-state index in [4.69, 9.17) is 5.11 Å². The third kappa shape index (κ3) is 3.03. The number of benzene rings is 1. The van der Waals surface area contributed by atoms with Crippen LogP contribution >= 0.6 is 0 Å². The van der Waals surface area contributed by atoms with Gasteiger partial charge in [-0.05, 0) is 11.6 Å². The lowest BCUT2D eigenvalue weighted by Crippen LogP contribution is -2.28. The number of hydrogen-bond donors (Lipinski definition) is 1. The van der Waals surface area contributed by atoms with Crippen molar-refractivity contribution in [3.8, 4) is 0 Å². The van der Waals surface area contributed by atoms with Gasteiger partial charge in [-0.3, -0.25) is 0 Å². The van der Waals surface area contributed by atoms with E-state index in [0.717, 1.165) is 24.9 Å². The van der Waals surface area contributed by atoms with Gasteiger partial charge >= 0.3 is 5.97 Å². The molecule has 0 unspecified atom stereocenters. The first kappa shape index (κ1) is 11.6. The Kier molecular flexibility index (Phi) is 3.70. The molecule has 1 aliphatic heterocycles. The Morgan fingerprint density at radius 2 is 2.12 bits per heavy atom. The fraction of sp³-hybridized carbons (Fsp3) is 0.286. The zero-order chi connectivity index (χ0) is 12.1. The van der Waals surface area contributed by atoms with E-state index in [9.17, 15) is 4.79 Å². The third-order valence-corrected chi connectivity index (χ3v) is 2.95. The molecule has 0 spiro atoms. The number of carboxylic acid groups (broad SMARTS) is 1. The minimum Gasteiger partial charge on any atom is -0.476 e. The van der Waals surface area contributed by atoms with Crippen LogP contribution in [0.5, 0.6) is 0 Å². The first-order valence-corrected chi connectivity index (χ1v) is 5.82. The predicted octanol–water partition coefficient (Wildman–Crippen LogP) is 2.03. The Bertz CT molecular complexity index is 449. The van der Waals surface area contributed by atoms with E-state index < -0.39 is 5.97 Å². The molecule has 17 heavy (non-hydrogen) atoms. The fourth-order valence-electron chi connectivity index (χ4n) is 2.06. The Labute approximate surface area is 101 Å². The molecule has 0 saturated carbocycles. The summed E-state index contributed by atoms with van der Waals surface area (Å²) in [6, 6.07) is 9.62. The Morgan fingerprint density at radius 1 is 1.35 bits per heavy atom. The Balaban J connectivity index is 2.05. The molecule has 1 fully saturated rings. The number of allylic oxidation sites excluding steroid dienone is 1. The van der Waals surface area contributed by atoms with Crippen molar-refractivity contribution < 1.29 is 14.5 Å². The highest BCUT2D eigenvalue weighted by atomic mass is 16.4. The number of rotatable bonds is 3. The topological polar surface area (TPSA) is 40.3 Å². The van der Waals surface area contributed by atoms with Crippen molar-refractivity contribution in [3.05, 3.63) is 42.0 Å². The highest BCUT2D eigenvalue weighted by molar-refractivity contribution is 5.77. The van der Waals surface area contributed by atoms with E-state index >= 15 is 0 Å². The van der Waals surface area contributed by atoms with Gasteiger partial charge in [0.05, 0.1) is 0 Å². The molecule has 88 valence electrons. The quantitative estimate of drug-likeness (QED) is 0.807. The largest absolute Gasteiger partial charge is 0.476 e. The lowest BCUT2D eigenvalue weighted by Gasteiger charge is -1.99. The van der Waals surface area contributed by atoms with Crippen molar-refractivity contribution in [2.45, 2.75) is 18.9 Å². The van der Waals surface area contributed by atoms with Crippen molar-refractivity contribution in [1.82, 2.24) is 0 Å². The maximum absolute atomic E-state index is 11.0. The van der Waals surface area contributed by atoms with Gasteiger partial charge in [-0.25, -0.2) is 9.37 Å². The number of carboxylic acids is 1. The molecule has 0 radical (unpaired) electrons. The van der Waals surface area contributed by atoms with Crippen LogP contribution < -0.4 is 0 Å². The summed E-state index contributed by atoms with van der Waals surface area (Å²) in [5.74, 6) is -0.730. The number of carbonyl (C=O) groups is 1. The molecule has 1 heterocycles. The van der Waals surface area contributed by atoms with E-state index in [2.05, 4.69) is 0 Å². The predicted molar refractivity (Wildman–Crippen MR) is 67.3 cm³/mol. The van der Waals surface area contributed by atoms with E-state index in [1.165, 1.54) is 0 Å². The van der Waals surface area contributed by atoms with Gasteiger partial charge in [-0.2, -0.15) is 0 Å². The smallest absolute Gasteiger partial charge is 0.372 e. The summed E-state index contributed by atoms with van der Waals surface area (Å²) in [7, 11) is 0. The highest BCUT2D eigenvalue weighted by Gasteiger charge is 2.33. The van der Waals surface area contributed by atoms with Gasteiger partial charge in [0.25, 0.3) is 0 Å². The van der Waals surface area contributed by atoms with Gasteiger partial charge < -0.3 is 5.11 Å². The van der Waals surface area contributed by atoms with E-state index in [1.807, 2.05) is 53.3 Å². The standard InChI is InChI=1S/C14H15NO2/c16-14(17)13-9-5-11-15(13)10-4-8-12-6-2-1-3-7-12/h1-4,6-8,10,13H,5,9,11H2/p+1/b8-4+,15-10?/t13-/m0/s1. The first-order valence-electron chi connectivity index (χ1n) is 5.82. The van der Waals surface area contributed by atoms with Crippen molar-refractivity contribution >= 4 is 18.3 Å². The lowest BCUT2D eigenvalue weighted by atomic mass is 10.2. The zero-order valence-electron chi connectivity index (χ0n) is 9.62. The van der Waals surface area contributed by atoms with Crippen molar-refractivity contribution in [1.29, 1.82) is 0 Å². The van der Waals surface area contributed by atoms with Gasteiger partial charge in [-0.15, -0.1) is 0 Å². The van der Waals surface area contributed by atoms with E-state index in [0.29, 0.717) is 0 Å². The molecule has 0 bridgehead atoms. The molecule has 1 atom stereocenters. The summed E-state index contributed by atoms with van der Waals surface area (Å²) < 4.78 is 1.89. The van der Waals surface area contributed by atoms with Gasteiger partial charge in [0.1, 0.15) is 6.54 Å². The molecule has 1 aromatic carbocycles. The summed E-state index contributed by atoms with van der Waals surface area (Å²) in [6.45, 7) is 0.829. The normalized spacial score (nSPS) is 22.4. The van der Waals surface area contributed by atoms with Gasteiger partial charge in [0.15, 0.2) is 6.21 Å². The van der Waals surface area contributed by atoms with Crippen LogP contribution in [0, 0.1) is 0 Å². The van der Waals surface area contributed by atoms with Crippen LogP contribution in [-0.2, 0) is 4.79 Å². The van der Waals surface area contributed by atoms with Gasteiger partial charge in [0, 0.05) is 18.9 Å². The molecule has 2 rings (SSSR count). The molecule has 1 saturated heterocycles. The summed E-state index contributed by atoms with van der Waals surface area (Å²) in [5, 5.41) is 9.01. The average Bonchev–Trinajstić information content (AvgIpc) is 2.79. The molecule has 0 aliphatic carbocycles. The molecule has 0 aromatic heterocycles. The fourth-order valence-corrected chi connectivity index (χ4v) is 2.06. The van der Waals surface area contributed by atoms with Crippen molar-refractivity contribution in [2.75, 3.05) is 6.54 Å². The molecule has 0 amide bonds. The zero-order valence-corrected chi connectivity index (χ0v) is 9.62. The van der Waals surface area contributed by atoms with Crippen LogP contribution in [0.1, 0.15) is 18.4 Å². The lowest BCUT2D eigenvalue weighted by molar-refractivity contribution is -0.527. The summed E-state index contributed by atoms with van der Waals surface area (Å²) in [5.41, 5.74) is 1.12. The summed E-state index contributed by atoms with van der Waals surface area (Å²) >= 11 is 0. The third-order valence-electron chi connectivity index (χ3n) is 2.95. The van der Waals surface area contributed by atoms with E-state index in [-0.39, 0.29) is 6.04 Å². The SMILES string of the molecule is O=C(O)[C@@H]1CCC[N+]1=C/C=C/c1ccccc1. The second kappa shape index (κ2) is 5.43. The van der Waals surface area contributed by atoms with Crippen LogP contribution in [0.2, 0.25) is 0 Å². The summed E-state index contributed by atoms with van der Waals surface area (Å²) in [6.07, 6.45) is 7.46. The molecule has 1 aromatic rings. The molecule has 1 aliphatic rings. The van der Waals surface area contributed by atoms with Crippen LogP contribution in [0.3, 0.4) is 0 Å². The van der Waals surface area contributed by atoms with Crippen LogP contribution in [0.4, 0.5) is 0 Å². The van der Waals surface area contributed by atoms with Crippen molar-refractivity contribution in [3.63, 3.8) is 0 Å². The minimum atomic E-state index is -0.730. The second-order valence-electron chi connectivity index (χ2n) is 4.15. The molecule has 3 nitrogen and oxygen atoms in total. The number of nitrogens with zero attached hydrogens (tertiary/aromatic N) is 1. The second-order valence-corrected chi connectivity index (χ2v) is 4.15. The molecule has 1 N–H and O–H groups in total.